The molecule has 2 aromatic rings. The minimum Gasteiger partial charge on any atom is -0.385 e. The number of rotatable bonds is 3. The molecule has 0 bridgehead atoms. The van der Waals surface area contributed by atoms with Crippen molar-refractivity contribution in [2.45, 2.75) is 32.0 Å². The standard InChI is InChI=1S/C11H10.C10H18N4O2/c1-9-5-4-7-10-6-2-3-8-11(9)10;15-7-3-11-9(12-4-7)1-2-10-13-5-8(16)6-14-10/h2-8H,1H3;7-8,15-16H,1-6H2,(H,11,12)(H,13,14)/p+2. The first-order valence-corrected chi connectivity index (χ1v) is 9.59. The molecule has 6 nitrogen and oxygen atoms in total. The fourth-order valence-corrected chi connectivity index (χ4v) is 3.22. The first kappa shape index (κ1) is 19.3. The van der Waals surface area contributed by atoms with Crippen molar-refractivity contribution in [1.82, 2.24) is 10.6 Å². The molecule has 2 atom stereocenters. The Morgan fingerprint density at radius 1 is 0.852 bits per heavy atom. The van der Waals surface area contributed by atoms with Crippen molar-refractivity contribution >= 4 is 22.4 Å². The van der Waals surface area contributed by atoms with Gasteiger partial charge in [-0.2, -0.15) is 0 Å². The number of β-amino-alcohol motifs (C(OH)–C–C–N with tert-alkyl or cyclic N) is 2. The molecule has 0 amide bonds. The SMILES string of the molecule is Cc1cccc2ccccc12.OC1CNC(CCC2=[NH+]CC(O)CN2)=[NH+]C1. The van der Waals surface area contributed by atoms with Crippen LogP contribution in [0.1, 0.15) is 18.4 Å². The lowest BCUT2D eigenvalue weighted by Crippen LogP contribution is -2.84. The summed E-state index contributed by atoms with van der Waals surface area (Å²) in [5, 5.41) is 27.5. The molecule has 2 aliphatic heterocycles. The third-order valence-corrected chi connectivity index (χ3v) is 4.84. The molecule has 0 spiro atoms. The fourth-order valence-electron chi connectivity index (χ4n) is 3.22. The molecule has 6 heteroatoms. The van der Waals surface area contributed by atoms with Crippen molar-refractivity contribution in [3.63, 3.8) is 0 Å². The zero-order valence-electron chi connectivity index (χ0n) is 15.8. The number of benzene rings is 2. The molecule has 0 aliphatic carbocycles. The monoisotopic (exact) mass is 370 g/mol. The second-order valence-electron chi connectivity index (χ2n) is 7.08. The third kappa shape index (κ3) is 5.77. The van der Waals surface area contributed by atoms with Crippen LogP contribution in [0, 0.1) is 6.92 Å². The summed E-state index contributed by atoms with van der Waals surface area (Å²) in [5.41, 5.74) is 1.35. The van der Waals surface area contributed by atoms with E-state index in [0.29, 0.717) is 26.2 Å². The lowest BCUT2D eigenvalue weighted by molar-refractivity contribution is -0.480. The Morgan fingerprint density at radius 3 is 1.93 bits per heavy atom. The molecule has 144 valence electrons. The van der Waals surface area contributed by atoms with E-state index in [1.165, 1.54) is 16.3 Å². The number of hydrogen-bond donors (Lipinski definition) is 6. The van der Waals surface area contributed by atoms with Gasteiger partial charge in [-0.3, -0.25) is 20.6 Å². The van der Waals surface area contributed by atoms with Gasteiger partial charge in [0.2, 0.25) is 11.7 Å². The van der Waals surface area contributed by atoms with Gasteiger partial charge in [0.05, 0.1) is 12.8 Å². The van der Waals surface area contributed by atoms with E-state index in [1.54, 1.807) is 0 Å². The van der Waals surface area contributed by atoms with E-state index < -0.39 is 0 Å². The van der Waals surface area contributed by atoms with Crippen molar-refractivity contribution < 1.29 is 20.2 Å². The van der Waals surface area contributed by atoms with Crippen LogP contribution in [0.5, 0.6) is 0 Å². The molecule has 27 heavy (non-hydrogen) atoms. The number of aliphatic hydroxyl groups is 2. The summed E-state index contributed by atoms with van der Waals surface area (Å²) in [5.74, 6) is 2.15. The maximum atomic E-state index is 9.28. The molecule has 0 saturated heterocycles. The van der Waals surface area contributed by atoms with Crippen LogP contribution in [0.4, 0.5) is 0 Å². The van der Waals surface area contributed by atoms with Crippen molar-refractivity contribution in [1.29, 1.82) is 0 Å². The van der Waals surface area contributed by atoms with Gasteiger partial charge in [-0.1, -0.05) is 42.5 Å². The second kappa shape index (κ2) is 9.48. The fraction of sp³-hybridized carbons (Fsp3) is 0.429. The average molecular weight is 370 g/mol. The summed E-state index contributed by atoms with van der Waals surface area (Å²) in [7, 11) is 0. The molecular weight excluding hydrogens is 340 g/mol. The lowest BCUT2D eigenvalue weighted by atomic mass is 10.1. The molecule has 4 rings (SSSR count). The minimum atomic E-state index is -0.294. The highest BCUT2D eigenvalue weighted by atomic mass is 16.3. The second-order valence-corrected chi connectivity index (χ2v) is 7.08. The molecule has 0 fully saturated rings. The van der Waals surface area contributed by atoms with Crippen LogP contribution < -0.4 is 20.6 Å². The molecule has 0 aromatic heterocycles. The van der Waals surface area contributed by atoms with E-state index in [0.717, 1.165) is 24.5 Å². The molecule has 2 aromatic carbocycles. The van der Waals surface area contributed by atoms with Crippen LogP contribution in [0.3, 0.4) is 0 Å². The predicted molar refractivity (Wildman–Crippen MR) is 108 cm³/mol. The molecule has 2 aliphatic rings. The van der Waals surface area contributed by atoms with Gasteiger partial charge < -0.3 is 10.2 Å². The average Bonchev–Trinajstić information content (AvgIpc) is 2.70. The van der Waals surface area contributed by atoms with Gasteiger partial charge in [-0.05, 0) is 23.3 Å². The Morgan fingerprint density at radius 2 is 1.41 bits per heavy atom. The lowest BCUT2D eigenvalue weighted by Gasteiger charge is -2.15. The number of aryl methyl sites for hydroxylation is 1. The van der Waals surface area contributed by atoms with Gasteiger partial charge in [-0.15, -0.1) is 0 Å². The van der Waals surface area contributed by atoms with E-state index in [-0.39, 0.29) is 12.2 Å². The first-order valence-electron chi connectivity index (χ1n) is 9.59. The van der Waals surface area contributed by atoms with Crippen LogP contribution in [-0.2, 0) is 0 Å². The third-order valence-electron chi connectivity index (χ3n) is 4.84. The normalized spacial score (nSPS) is 21.9. The Labute approximate surface area is 160 Å². The van der Waals surface area contributed by atoms with Gasteiger partial charge in [0.1, 0.15) is 38.4 Å². The van der Waals surface area contributed by atoms with Gasteiger partial charge in [-0.25, -0.2) is 0 Å². The topological polar surface area (TPSA) is 92.5 Å². The first-order chi connectivity index (χ1) is 13.1. The van der Waals surface area contributed by atoms with Crippen molar-refractivity contribution in [2.75, 3.05) is 26.2 Å². The highest BCUT2D eigenvalue weighted by Crippen LogP contribution is 2.16. The molecule has 2 heterocycles. The number of aliphatic hydroxyl groups excluding tert-OH is 2. The molecular formula is C21H30N4O2+2. The summed E-state index contributed by atoms with van der Waals surface area (Å²) in [6, 6.07) is 14.8. The maximum absolute atomic E-state index is 9.28. The highest BCUT2D eigenvalue weighted by molar-refractivity contribution is 5.85. The zero-order valence-corrected chi connectivity index (χ0v) is 15.8. The van der Waals surface area contributed by atoms with Crippen molar-refractivity contribution in [2.24, 2.45) is 0 Å². The van der Waals surface area contributed by atoms with Crippen LogP contribution in [-0.4, -0.2) is 60.3 Å². The number of amidine groups is 2. The van der Waals surface area contributed by atoms with Gasteiger partial charge in [0.15, 0.2) is 0 Å². The van der Waals surface area contributed by atoms with Gasteiger partial charge >= 0.3 is 0 Å². The van der Waals surface area contributed by atoms with Gasteiger partial charge in [0, 0.05) is 0 Å². The Bertz CT molecular complexity index is 783. The van der Waals surface area contributed by atoms with Gasteiger partial charge in [0.25, 0.3) is 0 Å². The Balaban J connectivity index is 0.000000166. The van der Waals surface area contributed by atoms with Crippen LogP contribution >= 0.6 is 0 Å². The summed E-state index contributed by atoms with van der Waals surface area (Å²) in [4.78, 5) is 6.31. The van der Waals surface area contributed by atoms with E-state index >= 15 is 0 Å². The quantitative estimate of drug-likeness (QED) is 0.370. The molecule has 2 unspecified atom stereocenters. The number of nitrogens with one attached hydrogen (secondary N) is 4. The largest absolute Gasteiger partial charge is 0.385 e. The van der Waals surface area contributed by atoms with Crippen LogP contribution in [0.25, 0.3) is 10.8 Å². The van der Waals surface area contributed by atoms with Crippen LogP contribution in [0.15, 0.2) is 42.5 Å². The summed E-state index contributed by atoms with van der Waals surface area (Å²) in [6.07, 6.45) is 1.19. The van der Waals surface area contributed by atoms with E-state index in [9.17, 15) is 10.2 Å². The zero-order chi connectivity index (χ0) is 19.1. The predicted octanol–water partition coefficient (Wildman–Crippen LogP) is -2.20. The van der Waals surface area contributed by atoms with Crippen LogP contribution in [0.2, 0.25) is 0 Å². The molecule has 0 saturated carbocycles. The van der Waals surface area contributed by atoms with Crippen molar-refractivity contribution in [3.05, 3.63) is 48.0 Å². The number of hydrogen-bond acceptors (Lipinski definition) is 4. The Hall–Kier alpha value is -2.44. The van der Waals surface area contributed by atoms with E-state index in [1.807, 2.05) is 0 Å². The number of fused-ring (bicyclic) bond motifs is 1. The molecule has 6 N–H and O–H groups in total. The maximum Gasteiger partial charge on any atom is 0.243 e. The van der Waals surface area contributed by atoms with E-state index in [4.69, 9.17) is 0 Å². The minimum absolute atomic E-state index is 0.294. The smallest absolute Gasteiger partial charge is 0.243 e. The summed E-state index contributed by atoms with van der Waals surface area (Å²) < 4.78 is 0. The summed E-state index contributed by atoms with van der Waals surface area (Å²) >= 11 is 0. The van der Waals surface area contributed by atoms with E-state index in [2.05, 4.69) is 70.0 Å². The Kier molecular flexibility index (Phi) is 6.79. The summed E-state index contributed by atoms with van der Waals surface area (Å²) in [6.45, 7) is 4.63. The molecule has 0 radical (unpaired) electrons. The highest BCUT2D eigenvalue weighted by Gasteiger charge is 2.21. The van der Waals surface area contributed by atoms with Crippen molar-refractivity contribution in [3.8, 4) is 0 Å².